The van der Waals surface area contributed by atoms with Crippen LogP contribution in [0.25, 0.3) is 10.2 Å². The minimum atomic E-state index is -0.341. The third-order valence-electron chi connectivity index (χ3n) is 4.44. The molecule has 0 fully saturated rings. The average molecular weight is 440 g/mol. The first-order valence-corrected chi connectivity index (χ1v) is 10.5. The summed E-state index contributed by atoms with van der Waals surface area (Å²) in [4.78, 5) is 29.4. The monoisotopic (exact) mass is 439 g/mol. The van der Waals surface area contributed by atoms with E-state index >= 15 is 0 Å². The molecule has 0 atom stereocenters. The number of halogens is 1. The van der Waals surface area contributed by atoms with E-state index in [4.69, 9.17) is 16.3 Å². The van der Waals surface area contributed by atoms with Crippen LogP contribution in [-0.2, 0) is 6.54 Å². The number of ether oxygens (including phenoxy) is 1. The number of pyridine rings is 1. The van der Waals surface area contributed by atoms with Crippen LogP contribution in [-0.4, -0.2) is 22.1 Å². The van der Waals surface area contributed by atoms with Crippen LogP contribution >= 0.6 is 22.9 Å². The quantitative estimate of drug-likeness (QED) is 0.468. The van der Waals surface area contributed by atoms with Gasteiger partial charge in [-0.3, -0.25) is 14.9 Å². The van der Waals surface area contributed by atoms with Crippen molar-refractivity contribution < 1.29 is 9.53 Å². The summed E-state index contributed by atoms with van der Waals surface area (Å²) in [5, 5.41) is 3.86. The molecule has 2 aromatic carbocycles. The van der Waals surface area contributed by atoms with Gasteiger partial charge in [-0.1, -0.05) is 41.1 Å². The maximum atomic E-state index is 12.7. The van der Waals surface area contributed by atoms with Gasteiger partial charge in [0.25, 0.3) is 11.5 Å². The molecule has 0 aliphatic rings. The lowest BCUT2D eigenvalue weighted by molar-refractivity contribution is 0.102. The van der Waals surface area contributed by atoms with Gasteiger partial charge in [0.1, 0.15) is 5.75 Å². The molecule has 152 valence electrons. The number of hydrogen-bond donors (Lipinski definition) is 1. The number of fused-ring (bicyclic) bond motifs is 1. The molecule has 0 aliphatic carbocycles. The molecule has 2 aromatic heterocycles. The van der Waals surface area contributed by atoms with Gasteiger partial charge in [0, 0.05) is 17.3 Å². The largest absolute Gasteiger partial charge is 0.494 e. The van der Waals surface area contributed by atoms with E-state index in [1.807, 2.05) is 43.3 Å². The first kappa shape index (κ1) is 20.1. The summed E-state index contributed by atoms with van der Waals surface area (Å²) in [5.41, 5.74) is 1.73. The molecule has 1 amide bonds. The van der Waals surface area contributed by atoms with E-state index in [0.29, 0.717) is 22.3 Å². The van der Waals surface area contributed by atoms with E-state index in [-0.39, 0.29) is 18.0 Å². The molecule has 0 radical (unpaired) electrons. The molecule has 0 spiro atoms. The number of amides is 1. The van der Waals surface area contributed by atoms with Crippen molar-refractivity contribution in [3.8, 4) is 5.75 Å². The number of nitrogens with zero attached hydrogens (tertiary/aromatic N) is 2. The Morgan fingerprint density at radius 2 is 2.03 bits per heavy atom. The standard InChI is InChI=1S/C22H18ClN3O3S/c1-2-29-16-8-9-18-19(11-16)30-22(24-18)25-21(28)15-7-10-20(27)26(13-15)12-14-5-3-4-6-17(14)23/h3-11,13H,2,12H2,1H3,(H,24,25,28). The van der Waals surface area contributed by atoms with Gasteiger partial charge >= 0.3 is 0 Å². The molecular formula is C22H18ClN3O3S. The number of carbonyl (C=O) groups is 1. The van der Waals surface area contributed by atoms with Crippen LogP contribution in [0.1, 0.15) is 22.8 Å². The SMILES string of the molecule is CCOc1ccc2nc(NC(=O)c3ccc(=O)n(Cc4ccccc4Cl)c3)sc2c1. The van der Waals surface area contributed by atoms with Crippen LogP contribution < -0.4 is 15.6 Å². The normalized spacial score (nSPS) is 10.9. The van der Waals surface area contributed by atoms with Crippen molar-refractivity contribution in [2.24, 2.45) is 0 Å². The van der Waals surface area contributed by atoms with Crippen LogP contribution in [0.2, 0.25) is 5.02 Å². The maximum absolute atomic E-state index is 12.7. The lowest BCUT2D eigenvalue weighted by atomic mass is 10.2. The van der Waals surface area contributed by atoms with Gasteiger partial charge in [0.2, 0.25) is 0 Å². The number of anilines is 1. The first-order valence-electron chi connectivity index (χ1n) is 9.32. The number of nitrogens with one attached hydrogen (secondary N) is 1. The third-order valence-corrected chi connectivity index (χ3v) is 5.74. The van der Waals surface area contributed by atoms with E-state index in [1.54, 1.807) is 6.07 Å². The second-order valence-corrected chi connectivity index (χ2v) is 7.95. The summed E-state index contributed by atoms with van der Waals surface area (Å²) < 4.78 is 7.88. The first-order chi connectivity index (χ1) is 14.5. The summed E-state index contributed by atoms with van der Waals surface area (Å²) in [6, 6.07) is 15.8. The van der Waals surface area contributed by atoms with Crippen LogP contribution in [0.4, 0.5) is 5.13 Å². The lowest BCUT2D eigenvalue weighted by Crippen LogP contribution is -2.22. The molecule has 0 saturated heterocycles. The van der Waals surface area contributed by atoms with E-state index in [0.717, 1.165) is 21.5 Å². The van der Waals surface area contributed by atoms with Gasteiger partial charge in [-0.15, -0.1) is 0 Å². The predicted octanol–water partition coefficient (Wildman–Crippen LogP) is 4.81. The number of hydrogen-bond acceptors (Lipinski definition) is 5. The van der Waals surface area contributed by atoms with Crippen LogP contribution in [0.3, 0.4) is 0 Å². The number of thiazole rings is 1. The summed E-state index contributed by atoms with van der Waals surface area (Å²) >= 11 is 7.56. The van der Waals surface area contributed by atoms with Crippen LogP contribution in [0.15, 0.2) is 65.6 Å². The summed E-state index contributed by atoms with van der Waals surface area (Å²) in [6.45, 7) is 2.78. The average Bonchev–Trinajstić information content (AvgIpc) is 3.13. The molecule has 4 aromatic rings. The molecule has 0 aliphatic heterocycles. The lowest BCUT2D eigenvalue weighted by Gasteiger charge is -2.09. The molecular weight excluding hydrogens is 422 g/mol. The summed E-state index contributed by atoms with van der Waals surface area (Å²) in [7, 11) is 0. The Labute approximate surface area is 181 Å². The van der Waals surface area contributed by atoms with Crippen molar-refractivity contribution in [1.82, 2.24) is 9.55 Å². The van der Waals surface area contributed by atoms with Crippen molar-refractivity contribution in [2.75, 3.05) is 11.9 Å². The molecule has 1 N–H and O–H groups in total. The number of rotatable bonds is 6. The summed E-state index contributed by atoms with van der Waals surface area (Å²) in [5.74, 6) is 0.421. The topological polar surface area (TPSA) is 73.2 Å². The molecule has 4 rings (SSSR count). The van der Waals surface area contributed by atoms with Gasteiger partial charge in [-0.2, -0.15) is 0 Å². The Balaban J connectivity index is 1.55. The van der Waals surface area contributed by atoms with Crippen molar-refractivity contribution in [2.45, 2.75) is 13.5 Å². The fourth-order valence-electron chi connectivity index (χ4n) is 2.98. The van der Waals surface area contributed by atoms with Gasteiger partial charge in [-0.25, -0.2) is 4.98 Å². The molecule has 0 saturated carbocycles. The Morgan fingerprint density at radius 1 is 1.20 bits per heavy atom. The number of aromatic nitrogens is 2. The van der Waals surface area contributed by atoms with Crippen molar-refractivity contribution in [3.05, 3.63) is 87.3 Å². The van der Waals surface area contributed by atoms with E-state index in [1.165, 1.54) is 34.2 Å². The molecule has 30 heavy (non-hydrogen) atoms. The number of benzene rings is 2. The fourth-order valence-corrected chi connectivity index (χ4v) is 4.07. The van der Waals surface area contributed by atoms with E-state index in [2.05, 4.69) is 10.3 Å². The highest BCUT2D eigenvalue weighted by Crippen LogP contribution is 2.29. The third kappa shape index (κ3) is 4.37. The number of carbonyl (C=O) groups excluding carboxylic acids is 1. The molecule has 2 heterocycles. The molecule has 0 bridgehead atoms. The molecule has 0 unspecified atom stereocenters. The smallest absolute Gasteiger partial charge is 0.258 e. The van der Waals surface area contributed by atoms with E-state index in [9.17, 15) is 9.59 Å². The minimum Gasteiger partial charge on any atom is -0.494 e. The fraction of sp³-hybridized carbons (Fsp3) is 0.136. The van der Waals surface area contributed by atoms with Gasteiger partial charge in [0.05, 0.1) is 28.9 Å². The highest BCUT2D eigenvalue weighted by molar-refractivity contribution is 7.22. The van der Waals surface area contributed by atoms with Gasteiger partial charge in [-0.05, 0) is 42.8 Å². The Kier molecular flexibility index (Phi) is 5.83. The van der Waals surface area contributed by atoms with Crippen LogP contribution in [0, 0.1) is 0 Å². The van der Waals surface area contributed by atoms with Crippen molar-refractivity contribution in [1.29, 1.82) is 0 Å². The van der Waals surface area contributed by atoms with Gasteiger partial charge in [0.15, 0.2) is 5.13 Å². The van der Waals surface area contributed by atoms with Crippen LogP contribution in [0.5, 0.6) is 5.75 Å². The predicted molar refractivity (Wildman–Crippen MR) is 120 cm³/mol. The van der Waals surface area contributed by atoms with E-state index < -0.39 is 0 Å². The zero-order chi connectivity index (χ0) is 21.1. The molecule has 8 heteroatoms. The Morgan fingerprint density at radius 3 is 2.83 bits per heavy atom. The minimum absolute atomic E-state index is 0.213. The zero-order valence-electron chi connectivity index (χ0n) is 16.1. The van der Waals surface area contributed by atoms with Gasteiger partial charge < -0.3 is 9.30 Å². The zero-order valence-corrected chi connectivity index (χ0v) is 17.7. The van der Waals surface area contributed by atoms with Crippen molar-refractivity contribution >= 4 is 44.2 Å². The Hall–Kier alpha value is -3.16. The highest BCUT2D eigenvalue weighted by atomic mass is 35.5. The second kappa shape index (κ2) is 8.69. The second-order valence-electron chi connectivity index (χ2n) is 6.51. The maximum Gasteiger partial charge on any atom is 0.258 e. The molecule has 6 nitrogen and oxygen atoms in total. The Bertz CT molecular complexity index is 1280. The van der Waals surface area contributed by atoms with Crippen molar-refractivity contribution in [3.63, 3.8) is 0 Å². The summed E-state index contributed by atoms with van der Waals surface area (Å²) in [6.07, 6.45) is 1.53. The highest BCUT2D eigenvalue weighted by Gasteiger charge is 2.12.